The average Bonchev–Trinajstić information content (AvgIpc) is 2.99. The molecule has 3 aromatic rings. The maximum Gasteiger partial charge on any atom is 0.152 e. The van der Waals surface area contributed by atoms with E-state index in [1.165, 1.54) is 5.56 Å². The lowest BCUT2D eigenvalue weighted by molar-refractivity contribution is 0.785. The Balaban J connectivity index is 1.77. The summed E-state index contributed by atoms with van der Waals surface area (Å²) in [6.45, 7) is 2.17. The molecule has 4 nitrogen and oxygen atoms in total. The maximum absolute atomic E-state index is 4.38. The van der Waals surface area contributed by atoms with Gasteiger partial charge in [0.2, 0.25) is 0 Å². The van der Waals surface area contributed by atoms with Gasteiger partial charge in [0.05, 0.1) is 6.20 Å². The Morgan fingerprint density at radius 1 is 1.39 bits per heavy atom. The second kappa shape index (κ2) is 4.78. The van der Waals surface area contributed by atoms with E-state index in [9.17, 15) is 0 Å². The smallest absolute Gasteiger partial charge is 0.152 e. The van der Waals surface area contributed by atoms with E-state index in [2.05, 4.69) is 39.1 Å². The standard InChI is InChI=1S/C13H14N4S/c1-10(8-11-3-7-18-9-11)16-13-12-2-4-15-17(12)6-5-14-13/h2-7,9-10H,8H2,1H3,(H,14,16). The van der Waals surface area contributed by atoms with Crippen molar-refractivity contribution < 1.29 is 0 Å². The fourth-order valence-corrected chi connectivity index (χ4v) is 2.70. The van der Waals surface area contributed by atoms with Crippen molar-refractivity contribution in [3.63, 3.8) is 0 Å². The monoisotopic (exact) mass is 258 g/mol. The second-order valence-electron chi connectivity index (χ2n) is 4.32. The van der Waals surface area contributed by atoms with Crippen LogP contribution < -0.4 is 5.32 Å². The third-order valence-electron chi connectivity index (χ3n) is 2.83. The van der Waals surface area contributed by atoms with Gasteiger partial charge in [0.1, 0.15) is 5.52 Å². The second-order valence-corrected chi connectivity index (χ2v) is 5.10. The highest BCUT2D eigenvalue weighted by Crippen LogP contribution is 2.15. The summed E-state index contributed by atoms with van der Waals surface area (Å²) in [5.74, 6) is 0.887. The van der Waals surface area contributed by atoms with Crippen LogP contribution in [-0.4, -0.2) is 20.6 Å². The molecule has 0 radical (unpaired) electrons. The van der Waals surface area contributed by atoms with E-state index in [4.69, 9.17) is 0 Å². The largest absolute Gasteiger partial charge is 0.365 e. The van der Waals surface area contributed by atoms with E-state index in [0.29, 0.717) is 6.04 Å². The molecule has 1 unspecified atom stereocenters. The first-order chi connectivity index (χ1) is 8.83. The lowest BCUT2D eigenvalue weighted by atomic mass is 10.1. The topological polar surface area (TPSA) is 42.2 Å². The molecule has 18 heavy (non-hydrogen) atoms. The number of nitrogens with zero attached hydrogens (tertiary/aromatic N) is 3. The Morgan fingerprint density at radius 2 is 2.33 bits per heavy atom. The summed E-state index contributed by atoms with van der Waals surface area (Å²) in [5, 5.41) is 11.9. The van der Waals surface area contributed by atoms with Crippen LogP contribution in [0, 0.1) is 0 Å². The number of thiophene rings is 1. The average molecular weight is 258 g/mol. The molecule has 3 rings (SSSR count). The van der Waals surface area contributed by atoms with Crippen LogP contribution in [0.5, 0.6) is 0 Å². The summed E-state index contributed by atoms with van der Waals surface area (Å²) in [5.41, 5.74) is 2.37. The Kier molecular flexibility index (Phi) is 2.98. The molecular formula is C13H14N4S. The quantitative estimate of drug-likeness (QED) is 0.782. The maximum atomic E-state index is 4.38. The van der Waals surface area contributed by atoms with Crippen molar-refractivity contribution in [1.29, 1.82) is 0 Å². The molecule has 0 bridgehead atoms. The molecule has 1 atom stereocenters. The summed E-state index contributed by atoms with van der Waals surface area (Å²) < 4.78 is 1.83. The van der Waals surface area contributed by atoms with Crippen molar-refractivity contribution in [3.8, 4) is 0 Å². The van der Waals surface area contributed by atoms with Gasteiger partial charge in [-0.25, -0.2) is 9.50 Å². The van der Waals surface area contributed by atoms with Gasteiger partial charge in [0.25, 0.3) is 0 Å². The molecule has 1 N–H and O–H groups in total. The van der Waals surface area contributed by atoms with Gasteiger partial charge in [-0.05, 0) is 41.8 Å². The summed E-state index contributed by atoms with van der Waals surface area (Å²) in [6, 6.07) is 4.47. The highest BCUT2D eigenvalue weighted by Gasteiger charge is 2.08. The summed E-state index contributed by atoms with van der Waals surface area (Å²) in [6.07, 6.45) is 6.40. The fourth-order valence-electron chi connectivity index (χ4n) is 2.02. The van der Waals surface area contributed by atoms with Crippen molar-refractivity contribution in [3.05, 3.63) is 47.0 Å². The zero-order valence-electron chi connectivity index (χ0n) is 10.1. The van der Waals surface area contributed by atoms with Crippen LogP contribution in [0.3, 0.4) is 0 Å². The van der Waals surface area contributed by atoms with Crippen molar-refractivity contribution in [2.45, 2.75) is 19.4 Å². The first-order valence-corrected chi connectivity index (χ1v) is 6.83. The number of aromatic nitrogens is 3. The van der Waals surface area contributed by atoms with Crippen LogP contribution in [-0.2, 0) is 6.42 Å². The van der Waals surface area contributed by atoms with E-state index in [0.717, 1.165) is 17.8 Å². The van der Waals surface area contributed by atoms with Crippen molar-refractivity contribution in [1.82, 2.24) is 14.6 Å². The molecule has 0 aliphatic heterocycles. The summed E-state index contributed by atoms with van der Waals surface area (Å²) in [4.78, 5) is 4.38. The Labute approximate surface area is 109 Å². The van der Waals surface area contributed by atoms with Crippen molar-refractivity contribution in [2.24, 2.45) is 0 Å². The van der Waals surface area contributed by atoms with Gasteiger partial charge < -0.3 is 5.32 Å². The van der Waals surface area contributed by atoms with Crippen LogP contribution in [0.1, 0.15) is 12.5 Å². The van der Waals surface area contributed by atoms with Crippen LogP contribution >= 0.6 is 11.3 Å². The van der Waals surface area contributed by atoms with E-state index < -0.39 is 0 Å². The van der Waals surface area contributed by atoms with Gasteiger partial charge in [-0.15, -0.1) is 0 Å². The molecule has 5 heteroatoms. The predicted molar refractivity (Wildman–Crippen MR) is 74.1 cm³/mol. The van der Waals surface area contributed by atoms with Gasteiger partial charge in [0, 0.05) is 18.4 Å². The third kappa shape index (κ3) is 2.22. The minimum absolute atomic E-state index is 0.341. The third-order valence-corrected chi connectivity index (χ3v) is 3.56. The minimum atomic E-state index is 0.341. The zero-order valence-corrected chi connectivity index (χ0v) is 10.9. The SMILES string of the molecule is CC(Cc1ccsc1)Nc1nccn2nccc12. The lowest BCUT2D eigenvalue weighted by Crippen LogP contribution is -2.19. The zero-order chi connectivity index (χ0) is 12.4. The molecule has 92 valence electrons. The highest BCUT2D eigenvalue weighted by atomic mass is 32.1. The predicted octanol–water partition coefficient (Wildman–Crippen LogP) is 2.83. The van der Waals surface area contributed by atoms with Gasteiger partial charge in [-0.1, -0.05) is 0 Å². The summed E-state index contributed by atoms with van der Waals surface area (Å²) in [7, 11) is 0. The number of fused-ring (bicyclic) bond motifs is 1. The Hall–Kier alpha value is -1.88. The molecule has 0 spiro atoms. The first kappa shape index (κ1) is 11.2. The lowest BCUT2D eigenvalue weighted by Gasteiger charge is -2.14. The minimum Gasteiger partial charge on any atom is -0.365 e. The molecule has 3 heterocycles. The van der Waals surface area contributed by atoms with Crippen LogP contribution in [0.25, 0.3) is 5.52 Å². The fraction of sp³-hybridized carbons (Fsp3) is 0.231. The Bertz CT molecular complexity index is 629. The molecule has 0 aliphatic carbocycles. The van der Waals surface area contributed by atoms with Crippen LogP contribution in [0.15, 0.2) is 41.5 Å². The van der Waals surface area contributed by atoms with Gasteiger partial charge in [-0.2, -0.15) is 16.4 Å². The van der Waals surface area contributed by atoms with E-state index in [1.807, 2.05) is 16.8 Å². The first-order valence-electron chi connectivity index (χ1n) is 5.89. The molecule has 0 saturated carbocycles. The molecule has 0 amide bonds. The Morgan fingerprint density at radius 3 is 3.17 bits per heavy atom. The molecule has 0 fully saturated rings. The van der Waals surface area contributed by atoms with E-state index in [-0.39, 0.29) is 0 Å². The molecular weight excluding hydrogens is 244 g/mol. The number of hydrogen-bond acceptors (Lipinski definition) is 4. The number of rotatable bonds is 4. The van der Waals surface area contributed by atoms with Crippen LogP contribution in [0.2, 0.25) is 0 Å². The van der Waals surface area contributed by atoms with E-state index in [1.54, 1.807) is 23.7 Å². The highest BCUT2D eigenvalue weighted by molar-refractivity contribution is 7.07. The number of nitrogens with one attached hydrogen (secondary N) is 1. The van der Waals surface area contributed by atoms with Gasteiger partial charge >= 0.3 is 0 Å². The van der Waals surface area contributed by atoms with Gasteiger partial charge in [-0.3, -0.25) is 0 Å². The summed E-state index contributed by atoms with van der Waals surface area (Å²) >= 11 is 1.73. The van der Waals surface area contributed by atoms with E-state index >= 15 is 0 Å². The molecule has 0 aliphatic rings. The molecule has 0 saturated heterocycles. The van der Waals surface area contributed by atoms with Crippen molar-refractivity contribution in [2.75, 3.05) is 5.32 Å². The van der Waals surface area contributed by atoms with Crippen LogP contribution in [0.4, 0.5) is 5.82 Å². The molecule has 0 aromatic carbocycles. The molecule has 3 aromatic heterocycles. The number of hydrogen-bond donors (Lipinski definition) is 1. The van der Waals surface area contributed by atoms with Crippen molar-refractivity contribution >= 4 is 22.7 Å². The van der Waals surface area contributed by atoms with Gasteiger partial charge in [0.15, 0.2) is 5.82 Å². The number of anilines is 1. The normalized spacial score (nSPS) is 12.7.